The van der Waals surface area contributed by atoms with Crippen molar-refractivity contribution in [3.63, 3.8) is 0 Å². The Kier molecular flexibility index (Phi) is 50.4. The van der Waals surface area contributed by atoms with Gasteiger partial charge in [0, 0.05) is 52.0 Å². The Balaban J connectivity index is -0.0000000238. The fourth-order valence-corrected chi connectivity index (χ4v) is 0. The molecule has 20 nitrogen and oxygen atoms in total. The Hall–Kier alpha value is 2.61. The molecule has 0 aromatic carbocycles. The minimum absolute atomic E-state index is 0. The molecule has 0 spiro atoms. The first-order valence-electron chi connectivity index (χ1n) is 3.33. The zero-order valence-electron chi connectivity index (χ0n) is 12.8. The number of rotatable bonds is 0. The Morgan fingerprint density at radius 2 is 0.310 bits per heavy atom. The summed E-state index contributed by atoms with van der Waals surface area (Å²) < 4.78 is 170. The molecule has 0 N–H and O–H groups in total. The molecule has 0 aliphatic rings. The summed E-state index contributed by atoms with van der Waals surface area (Å²) in [6.45, 7) is 0. The van der Waals surface area contributed by atoms with Crippen molar-refractivity contribution in [1.82, 2.24) is 0 Å². The largest absolute Gasteiger partial charge is 3.00 e. The third kappa shape index (κ3) is 3680. The topological polar surface area (TPSA) is 401 Å². The molecule has 29 heavy (non-hydrogen) atoms. The van der Waals surface area contributed by atoms with Crippen molar-refractivity contribution in [2.45, 2.75) is 0 Å². The van der Waals surface area contributed by atoms with Gasteiger partial charge in [0.2, 0.25) is 0 Å². The molecule has 160 valence electrons. The second-order valence-electron chi connectivity index (χ2n) is 2.04. The standard InChI is InChI=1S/Al.La.2Mg.5H2O4S/c;;;;5*1-5(2,3)4/h;;;;5*(H2,1,2,3,4)/q2*+3;2*+2;;;;;/p-10. The van der Waals surface area contributed by atoms with Gasteiger partial charge < -0.3 is 45.5 Å². The van der Waals surface area contributed by atoms with E-state index in [1.165, 1.54) is 0 Å². The van der Waals surface area contributed by atoms with Crippen molar-refractivity contribution >= 4 is 115 Å². The molecule has 0 atom stereocenters. The molecule has 0 aromatic rings. The normalized spacial score (nSPS) is 10.0. The molecular weight excluding hydrogens is 695 g/mol. The van der Waals surface area contributed by atoms with Gasteiger partial charge in [-0.15, -0.1) is 0 Å². The Morgan fingerprint density at radius 3 is 0.310 bits per heavy atom. The molecule has 0 saturated carbocycles. The predicted octanol–water partition coefficient (Wildman–Crippen LogP) is -7.83. The number of hydrogen-bond acceptors (Lipinski definition) is 20. The third-order valence-corrected chi connectivity index (χ3v) is 0. The van der Waals surface area contributed by atoms with E-state index in [0.717, 1.165) is 0 Å². The van der Waals surface area contributed by atoms with E-state index in [1.54, 1.807) is 0 Å². The second-order valence-corrected chi connectivity index (χ2v) is 6.12. The summed E-state index contributed by atoms with van der Waals surface area (Å²) >= 11 is 0. The maximum absolute atomic E-state index is 8.52. The van der Waals surface area contributed by atoms with Gasteiger partial charge in [-0.3, -0.25) is 42.1 Å². The first-order chi connectivity index (χ1) is 10.0. The average Bonchev–Trinajstić information content (AvgIpc) is 1.79. The van der Waals surface area contributed by atoms with Gasteiger partial charge >= 0.3 is 99.1 Å². The van der Waals surface area contributed by atoms with Crippen LogP contribution in [0.25, 0.3) is 0 Å². The van der Waals surface area contributed by atoms with Gasteiger partial charge in [0.25, 0.3) is 0 Å². The van der Waals surface area contributed by atoms with E-state index < -0.39 is 52.0 Å². The van der Waals surface area contributed by atoms with Crippen molar-refractivity contribution in [3.05, 3.63) is 0 Å². The van der Waals surface area contributed by atoms with Crippen LogP contribution in [0.1, 0.15) is 0 Å². The average molecular weight is 695 g/mol. The van der Waals surface area contributed by atoms with Gasteiger partial charge in [-0.1, -0.05) is 0 Å². The van der Waals surface area contributed by atoms with Gasteiger partial charge in [0.1, 0.15) is 0 Å². The molecule has 0 radical (unpaired) electrons. The third-order valence-electron chi connectivity index (χ3n) is 0. The molecule has 29 heteroatoms. The van der Waals surface area contributed by atoms with Gasteiger partial charge in [-0.2, -0.15) is 0 Å². The minimum atomic E-state index is -5.17. The van der Waals surface area contributed by atoms with Gasteiger partial charge in [-0.05, 0) is 0 Å². The van der Waals surface area contributed by atoms with E-state index in [9.17, 15) is 0 Å². The Morgan fingerprint density at radius 1 is 0.310 bits per heavy atom. The fourth-order valence-electron chi connectivity index (χ4n) is 0. The van der Waals surface area contributed by atoms with E-state index in [2.05, 4.69) is 0 Å². The Labute approximate surface area is 235 Å². The summed E-state index contributed by atoms with van der Waals surface area (Å²) in [6, 6.07) is 0. The van der Waals surface area contributed by atoms with E-state index in [0.29, 0.717) is 0 Å². The molecular formula is AlLaMg2O20S5. The van der Waals surface area contributed by atoms with Crippen LogP contribution in [0.15, 0.2) is 0 Å². The van der Waals surface area contributed by atoms with Crippen LogP contribution >= 0.6 is 0 Å². The molecule has 0 saturated heterocycles. The number of hydrogen-bond donors (Lipinski definition) is 0. The van der Waals surface area contributed by atoms with E-state index in [1.807, 2.05) is 0 Å². The predicted molar refractivity (Wildman–Crippen MR) is 69.6 cm³/mol. The maximum atomic E-state index is 8.52. The quantitative estimate of drug-likeness (QED) is 0.129. The van der Waals surface area contributed by atoms with E-state index in [-0.39, 0.29) is 99.1 Å². The minimum Gasteiger partial charge on any atom is -0.759 e. The zero-order chi connectivity index (χ0) is 22.5. The van der Waals surface area contributed by atoms with Crippen LogP contribution in [0.2, 0.25) is 0 Å². The summed E-state index contributed by atoms with van der Waals surface area (Å²) in [4.78, 5) is 0. The van der Waals surface area contributed by atoms with Crippen molar-refractivity contribution in [3.8, 4) is 0 Å². The molecule has 0 aromatic heterocycles. The first-order valence-corrected chi connectivity index (χ1v) is 10.0. The molecule has 0 bridgehead atoms. The summed E-state index contributed by atoms with van der Waals surface area (Å²) in [6.07, 6.45) is 0. The SMILES string of the molecule is O=S(=O)([O-])[O-].O=S(=O)([O-])[O-].O=S(=O)([O-])[O-].O=S(=O)([O-])[O-].O=S(=O)([O-])[O-].[Al+3].[La+3].[Mg+2].[Mg+2]. The molecule has 0 aliphatic heterocycles. The summed E-state index contributed by atoms with van der Waals surface area (Å²) in [5, 5.41) is 0. The van der Waals surface area contributed by atoms with Crippen molar-refractivity contribution in [2.24, 2.45) is 0 Å². The summed E-state index contributed by atoms with van der Waals surface area (Å²) in [5.41, 5.74) is 0. The van der Waals surface area contributed by atoms with Crippen LogP contribution in [-0.4, -0.2) is 151 Å². The molecule has 0 fully saturated rings. The van der Waals surface area contributed by atoms with Crippen LogP contribution in [0.4, 0.5) is 0 Å². The summed E-state index contributed by atoms with van der Waals surface area (Å²) in [7, 11) is -25.8. The van der Waals surface area contributed by atoms with Crippen LogP contribution in [0.5, 0.6) is 0 Å². The smallest absolute Gasteiger partial charge is 0.759 e. The second kappa shape index (κ2) is 25.2. The van der Waals surface area contributed by atoms with Crippen LogP contribution in [-0.2, 0) is 52.0 Å². The maximum Gasteiger partial charge on any atom is 3.00 e. The fraction of sp³-hybridized carbons (Fsp3) is 0. The summed E-state index contributed by atoms with van der Waals surface area (Å²) in [5.74, 6) is 0. The van der Waals surface area contributed by atoms with Crippen LogP contribution in [0, 0.1) is 35.6 Å². The molecule has 0 amide bonds. The Bertz CT molecular complexity index is 631. The van der Waals surface area contributed by atoms with Gasteiger partial charge in [0.15, 0.2) is 0 Å². The molecule has 0 unspecified atom stereocenters. The van der Waals surface area contributed by atoms with Gasteiger partial charge in [-0.25, -0.2) is 0 Å². The van der Waals surface area contributed by atoms with E-state index in [4.69, 9.17) is 87.6 Å². The molecule has 0 heterocycles. The first kappa shape index (κ1) is 57.9. The monoisotopic (exact) mass is 694 g/mol. The van der Waals surface area contributed by atoms with Gasteiger partial charge in [0.05, 0.1) is 0 Å². The van der Waals surface area contributed by atoms with Crippen molar-refractivity contribution in [2.75, 3.05) is 0 Å². The molecule has 0 aliphatic carbocycles. The van der Waals surface area contributed by atoms with Crippen molar-refractivity contribution in [1.29, 1.82) is 0 Å². The van der Waals surface area contributed by atoms with Crippen LogP contribution in [0.3, 0.4) is 0 Å². The zero-order valence-corrected chi connectivity index (χ0v) is 24.5. The van der Waals surface area contributed by atoms with Crippen molar-refractivity contribution < 1.29 is 123 Å². The van der Waals surface area contributed by atoms with E-state index >= 15 is 0 Å². The molecule has 0 rings (SSSR count). The van der Waals surface area contributed by atoms with Crippen LogP contribution < -0.4 is 0 Å².